The minimum atomic E-state index is -0.547. The normalized spacial score (nSPS) is 10.9. The van der Waals surface area contributed by atoms with Crippen molar-refractivity contribution in [2.75, 3.05) is 6.61 Å². The van der Waals surface area contributed by atoms with Crippen molar-refractivity contribution >= 4 is 37.4 Å². The Morgan fingerprint density at radius 2 is 2.00 bits per heavy atom. The zero-order valence-electron chi connectivity index (χ0n) is 11.4. The number of amides is 1. The van der Waals surface area contributed by atoms with E-state index in [2.05, 4.69) is 0 Å². The molecule has 0 atom stereocenters. The summed E-state index contributed by atoms with van der Waals surface area (Å²) in [5.41, 5.74) is 5.64. The summed E-state index contributed by atoms with van der Waals surface area (Å²) in [6, 6.07) is 10.6. The smallest absolute Gasteiger partial charge is 0.250 e. The molecule has 2 aromatic carbocycles. The third kappa shape index (κ3) is 2.15. The predicted molar refractivity (Wildman–Crippen MR) is 85.3 cm³/mol. The lowest BCUT2D eigenvalue weighted by Crippen LogP contribution is -2.13. The van der Waals surface area contributed by atoms with Crippen LogP contribution in [0.4, 0.5) is 0 Å². The van der Waals surface area contributed by atoms with Gasteiger partial charge < -0.3 is 10.5 Å². The van der Waals surface area contributed by atoms with Crippen LogP contribution in [-0.2, 0) is 0 Å². The first-order valence-electron chi connectivity index (χ1n) is 6.54. The number of carbonyl (C=O) groups excluding carboxylic acids is 1. The molecule has 0 radical (unpaired) electrons. The van der Waals surface area contributed by atoms with Crippen molar-refractivity contribution in [1.82, 2.24) is 0 Å². The monoisotopic (exact) mass is 299 g/mol. The number of rotatable bonds is 3. The van der Waals surface area contributed by atoms with Crippen LogP contribution in [0.2, 0.25) is 0 Å². The Morgan fingerprint density at radius 3 is 2.71 bits per heavy atom. The summed E-state index contributed by atoms with van der Waals surface area (Å²) < 4.78 is 6.94. The van der Waals surface area contributed by atoms with Gasteiger partial charge in [-0.05, 0) is 31.2 Å². The van der Waals surface area contributed by atoms with Crippen molar-refractivity contribution in [1.29, 1.82) is 0 Å². The summed E-state index contributed by atoms with van der Waals surface area (Å²) in [5, 5.41) is 1.05. The van der Waals surface area contributed by atoms with E-state index in [1.165, 1.54) is 11.3 Å². The quantitative estimate of drug-likeness (QED) is 0.756. The Bertz CT molecular complexity index is 914. The largest absolute Gasteiger partial charge is 0.493 e. The van der Waals surface area contributed by atoms with Gasteiger partial charge >= 0.3 is 0 Å². The number of benzene rings is 2. The Morgan fingerprint density at radius 1 is 1.24 bits per heavy atom. The minimum absolute atomic E-state index is 0.133. The van der Waals surface area contributed by atoms with Gasteiger partial charge in [0, 0.05) is 10.1 Å². The third-order valence-corrected chi connectivity index (χ3v) is 4.46. The molecule has 1 heterocycles. The van der Waals surface area contributed by atoms with Gasteiger partial charge in [0.05, 0.1) is 22.3 Å². The molecule has 0 aliphatic carbocycles. The topological polar surface area (TPSA) is 69.4 Å². The Balaban J connectivity index is 2.54. The van der Waals surface area contributed by atoms with Gasteiger partial charge in [-0.1, -0.05) is 12.1 Å². The second-order valence-electron chi connectivity index (χ2n) is 4.54. The van der Waals surface area contributed by atoms with E-state index in [0.29, 0.717) is 33.4 Å². The maximum absolute atomic E-state index is 12.7. The Labute approximate surface area is 124 Å². The molecule has 1 amide bonds. The summed E-state index contributed by atoms with van der Waals surface area (Å²) in [7, 11) is 0. The molecule has 3 aromatic rings. The molecule has 0 spiro atoms. The van der Waals surface area contributed by atoms with Gasteiger partial charge in [-0.15, -0.1) is 11.3 Å². The first-order chi connectivity index (χ1) is 10.1. The molecular weight excluding hydrogens is 286 g/mol. The fourth-order valence-electron chi connectivity index (χ4n) is 2.34. The van der Waals surface area contributed by atoms with Gasteiger partial charge in [-0.2, -0.15) is 0 Å². The molecule has 0 bridgehead atoms. The third-order valence-electron chi connectivity index (χ3n) is 3.26. The number of nitrogens with two attached hydrogens (primary N) is 1. The highest BCUT2D eigenvalue weighted by atomic mass is 32.1. The zero-order chi connectivity index (χ0) is 15.0. The van der Waals surface area contributed by atoms with Crippen molar-refractivity contribution in [2.45, 2.75) is 6.92 Å². The molecule has 0 aliphatic rings. The molecule has 3 rings (SSSR count). The maximum atomic E-state index is 12.7. The van der Waals surface area contributed by atoms with Crippen LogP contribution in [-0.4, -0.2) is 12.5 Å². The number of hydrogen-bond acceptors (Lipinski definition) is 4. The van der Waals surface area contributed by atoms with Crippen LogP contribution in [0.15, 0.2) is 41.2 Å². The maximum Gasteiger partial charge on any atom is 0.250 e. The summed E-state index contributed by atoms with van der Waals surface area (Å²) in [6.45, 7) is 2.30. The van der Waals surface area contributed by atoms with Crippen molar-refractivity contribution in [3.05, 3.63) is 52.2 Å². The fraction of sp³-hybridized carbons (Fsp3) is 0.125. The van der Waals surface area contributed by atoms with E-state index in [0.717, 1.165) is 4.70 Å². The van der Waals surface area contributed by atoms with Gasteiger partial charge in [-0.25, -0.2) is 0 Å². The Hall–Kier alpha value is -2.40. The van der Waals surface area contributed by atoms with Crippen LogP contribution < -0.4 is 15.9 Å². The minimum Gasteiger partial charge on any atom is -0.493 e. The van der Waals surface area contributed by atoms with Gasteiger partial charge in [0.1, 0.15) is 5.75 Å². The number of ether oxygens (including phenoxy) is 1. The number of hydrogen-bond donors (Lipinski definition) is 1. The van der Waals surface area contributed by atoms with Crippen LogP contribution in [0.5, 0.6) is 5.75 Å². The van der Waals surface area contributed by atoms with E-state index in [1.54, 1.807) is 18.2 Å². The van der Waals surface area contributed by atoms with E-state index in [9.17, 15) is 9.59 Å². The summed E-state index contributed by atoms with van der Waals surface area (Å²) in [4.78, 5) is 24.4. The van der Waals surface area contributed by atoms with Gasteiger partial charge in [0.15, 0.2) is 5.43 Å². The molecule has 4 nitrogen and oxygen atoms in total. The Kier molecular flexibility index (Phi) is 3.35. The zero-order valence-corrected chi connectivity index (χ0v) is 12.2. The SMILES string of the molecule is CCOc1ccc(C(N)=O)c2sc3ccccc3c(=O)c12. The van der Waals surface area contributed by atoms with Crippen LogP contribution in [0, 0.1) is 0 Å². The van der Waals surface area contributed by atoms with Crippen molar-refractivity contribution in [3.8, 4) is 5.75 Å². The van der Waals surface area contributed by atoms with E-state index >= 15 is 0 Å². The van der Waals surface area contributed by atoms with Crippen LogP contribution >= 0.6 is 11.3 Å². The van der Waals surface area contributed by atoms with E-state index in [-0.39, 0.29) is 5.43 Å². The number of carbonyl (C=O) groups is 1. The van der Waals surface area contributed by atoms with E-state index in [1.807, 2.05) is 25.1 Å². The molecular formula is C16H13NO3S. The molecule has 0 unspecified atom stereocenters. The lowest BCUT2D eigenvalue weighted by atomic mass is 10.1. The average Bonchev–Trinajstić information content (AvgIpc) is 2.47. The molecule has 0 saturated heterocycles. The summed E-state index contributed by atoms with van der Waals surface area (Å²) >= 11 is 1.38. The highest BCUT2D eigenvalue weighted by Gasteiger charge is 2.16. The lowest BCUT2D eigenvalue weighted by Gasteiger charge is -2.10. The second-order valence-corrected chi connectivity index (χ2v) is 5.59. The van der Waals surface area contributed by atoms with Crippen LogP contribution in [0.3, 0.4) is 0 Å². The van der Waals surface area contributed by atoms with E-state index in [4.69, 9.17) is 10.5 Å². The van der Waals surface area contributed by atoms with Crippen molar-refractivity contribution < 1.29 is 9.53 Å². The van der Waals surface area contributed by atoms with Crippen LogP contribution in [0.1, 0.15) is 17.3 Å². The number of primary amides is 1. The summed E-state index contributed by atoms with van der Waals surface area (Å²) in [5.74, 6) is -0.0570. The van der Waals surface area contributed by atoms with Crippen LogP contribution in [0.25, 0.3) is 20.2 Å². The molecule has 0 fully saturated rings. The first kappa shape index (κ1) is 13.6. The predicted octanol–water partition coefficient (Wildman–Crippen LogP) is 2.91. The van der Waals surface area contributed by atoms with Gasteiger partial charge in [0.2, 0.25) is 5.91 Å². The molecule has 0 aliphatic heterocycles. The molecule has 21 heavy (non-hydrogen) atoms. The highest BCUT2D eigenvalue weighted by molar-refractivity contribution is 7.25. The fourth-order valence-corrected chi connectivity index (χ4v) is 3.55. The molecule has 0 saturated carbocycles. The van der Waals surface area contributed by atoms with Gasteiger partial charge in [0.25, 0.3) is 0 Å². The first-order valence-corrected chi connectivity index (χ1v) is 7.36. The van der Waals surface area contributed by atoms with Crippen molar-refractivity contribution in [3.63, 3.8) is 0 Å². The van der Waals surface area contributed by atoms with Crippen molar-refractivity contribution in [2.24, 2.45) is 5.73 Å². The average molecular weight is 299 g/mol. The standard InChI is InChI=1S/C16H13NO3S/c1-2-20-11-8-7-10(16(17)19)15-13(11)14(18)9-5-3-4-6-12(9)21-15/h3-8H,2H2,1H3,(H2,17,19). The number of fused-ring (bicyclic) bond motifs is 2. The highest BCUT2D eigenvalue weighted by Crippen LogP contribution is 2.32. The molecule has 5 heteroatoms. The van der Waals surface area contributed by atoms with Gasteiger partial charge in [-0.3, -0.25) is 9.59 Å². The molecule has 106 valence electrons. The lowest BCUT2D eigenvalue weighted by molar-refractivity contribution is 0.100. The molecule has 1 aromatic heterocycles. The summed E-state index contributed by atoms with van der Waals surface area (Å²) in [6.07, 6.45) is 0. The second kappa shape index (κ2) is 5.18. The van der Waals surface area contributed by atoms with E-state index < -0.39 is 5.91 Å². The molecule has 2 N–H and O–H groups in total.